The van der Waals surface area contributed by atoms with Gasteiger partial charge in [-0.1, -0.05) is 42.5 Å². The van der Waals surface area contributed by atoms with E-state index in [1.54, 1.807) is 30.1 Å². The fraction of sp³-hybridized carbons (Fsp3) is 0.300. The second-order valence-corrected chi connectivity index (χ2v) is 8.66. The molecule has 0 spiro atoms. The van der Waals surface area contributed by atoms with E-state index in [0.717, 1.165) is 24.8 Å². The number of amides is 1. The average molecular weight is 383 g/mol. The van der Waals surface area contributed by atoms with E-state index in [1.165, 1.54) is 6.07 Å². The minimum Gasteiger partial charge on any atom is -0.349 e. The van der Waals surface area contributed by atoms with E-state index >= 15 is 0 Å². The van der Waals surface area contributed by atoms with Crippen LogP contribution in [0, 0.1) is 0 Å². The van der Waals surface area contributed by atoms with E-state index in [-0.39, 0.29) is 22.9 Å². The Balaban J connectivity index is 1.51. The molecule has 1 heterocycles. The Morgan fingerprint density at radius 3 is 2.44 bits per heavy atom. The maximum Gasteiger partial charge on any atom is 0.285 e. The predicted octanol–water partition coefficient (Wildman–Crippen LogP) is 2.26. The molecule has 1 amide bonds. The minimum absolute atomic E-state index is 0.0390. The third-order valence-corrected chi connectivity index (χ3v) is 6.59. The number of carbonyl (C=O) groups excluding carboxylic acids is 1. The summed E-state index contributed by atoms with van der Waals surface area (Å²) in [6.45, 7) is 0.0390. The summed E-state index contributed by atoms with van der Waals surface area (Å²) in [5.41, 5.74) is 1.33. The van der Waals surface area contributed by atoms with Crippen molar-refractivity contribution in [2.75, 3.05) is 13.6 Å². The van der Waals surface area contributed by atoms with Crippen LogP contribution in [0.2, 0.25) is 0 Å². The summed E-state index contributed by atoms with van der Waals surface area (Å²) in [5.74, 6) is 0.161. The van der Waals surface area contributed by atoms with Gasteiger partial charge in [-0.25, -0.2) is 0 Å². The summed E-state index contributed by atoms with van der Waals surface area (Å²) in [6.07, 6.45) is 2.89. The lowest BCUT2D eigenvalue weighted by atomic mass is 9.72. The molecule has 0 bridgehead atoms. The van der Waals surface area contributed by atoms with Crippen LogP contribution in [-0.4, -0.2) is 38.7 Å². The molecule has 140 valence electrons. The van der Waals surface area contributed by atoms with Crippen LogP contribution in [0.1, 0.15) is 30.4 Å². The van der Waals surface area contributed by atoms with Crippen LogP contribution in [0.15, 0.2) is 63.9 Å². The van der Waals surface area contributed by atoms with E-state index in [1.807, 2.05) is 30.3 Å². The molecule has 6 nitrogen and oxygen atoms in total. The lowest BCUT2D eigenvalue weighted by Crippen LogP contribution is -2.53. The topological polar surface area (TPSA) is 78.8 Å². The van der Waals surface area contributed by atoms with Crippen LogP contribution in [-0.2, 0) is 20.4 Å². The highest BCUT2D eigenvalue weighted by Gasteiger charge is 2.40. The van der Waals surface area contributed by atoms with Gasteiger partial charge in [-0.2, -0.15) is 8.42 Å². The normalized spacial score (nSPS) is 18.8. The Labute approximate surface area is 159 Å². The zero-order valence-corrected chi connectivity index (χ0v) is 15.9. The van der Waals surface area contributed by atoms with Gasteiger partial charge in [-0.3, -0.25) is 4.79 Å². The molecule has 0 radical (unpaired) electrons. The first kappa shape index (κ1) is 17.7. The number of carbonyl (C=O) groups is 1. The number of fused-ring (bicyclic) bond motifs is 1. The second-order valence-electron chi connectivity index (χ2n) is 7.09. The first-order valence-electron chi connectivity index (χ1n) is 8.93. The molecule has 1 fully saturated rings. The Hall–Kier alpha value is -2.67. The van der Waals surface area contributed by atoms with Gasteiger partial charge in [-0.05, 0) is 37.0 Å². The summed E-state index contributed by atoms with van der Waals surface area (Å²) in [4.78, 5) is 14.5. The molecular weight excluding hydrogens is 362 g/mol. The molecule has 2 aliphatic rings. The van der Waals surface area contributed by atoms with Crippen LogP contribution in [0.3, 0.4) is 0 Å². The third kappa shape index (κ3) is 3.12. The largest absolute Gasteiger partial charge is 0.349 e. The van der Waals surface area contributed by atoms with Crippen molar-refractivity contribution >= 4 is 21.8 Å². The molecule has 1 saturated carbocycles. The van der Waals surface area contributed by atoms with Gasteiger partial charge in [0.25, 0.3) is 10.0 Å². The molecule has 1 aliphatic heterocycles. The number of hydrogen-bond donors (Lipinski definition) is 1. The Kier molecular flexibility index (Phi) is 4.26. The third-order valence-electron chi connectivity index (χ3n) is 5.27. The molecule has 7 heteroatoms. The van der Waals surface area contributed by atoms with Crippen LogP contribution in [0.5, 0.6) is 0 Å². The lowest BCUT2D eigenvalue weighted by Gasteiger charge is -2.43. The number of hydrogen-bond acceptors (Lipinski definition) is 4. The van der Waals surface area contributed by atoms with Crippen molar-refractivity contribution in [3.8, 4) is 0 Å². The zero-order valence-electron chi connectivity index (χ0n) is 15.1. The van der Waals surface area contributed by atoms with E-state index in [4.69, 9.17) is 0 Å². The molecular formula is C20H21N3O3S. The van der Waals surface area contributed by atoms with E-state index in [0.29, 0.717) is 11.4 Å². The van der Waals surface area contributed by atoms with Gasteiger partial charge in [0.2, 0.25) is 5.91 Å². The standard InChI is InChI=1S/C20H21N3O3S/c1-23(19-16-10-5-6-11-17(16)27(25,26)22-19)14-18(24)21-20(12-7-13-20)15-8-3-2-4-9-15/h2-6,8-11H,7,12-14H2,1H3,(H,21,24). The average Bonchev–Trinajstić information content (AvgIpc) is 2.91. The van der Waals surface area contributed by atoms with Crippen LogP contribution in [0.4, 0.5) is 0 Å². The Morgan fingerprint density at radius 1 is 1.11 bits per heavy atom. The summed E-state index contributed by atoms with van der Waals surface area (Å²) in [6, 6.07) is 16.7. The number of benzene rings is 2. The first-order valence-corrected chi connectivity index (χ1v) is 10.4. The van der Waals surface area contributed by atoms with Gasteiger partial charge in [0, 0.05) is 12.6 Å². The molecule has 0 unspecified atom stereocenters. The molecule has 0 saturated heterocycles. The van der Waals surface area contributed by atoms with Gasteiger partial charge in [0.1, 0.15) is 4.90 Å². The molecule has 27 heavy (non-hydrogen) atoms. The second kappa shape index (κ2) is 6.49. The van der Waals surface area contributed by atoms with Crippen LogP contribution in [0.25, 0.3) is 0 Å². The predicted molar refractivity (Wildman–Crippen MR) is 103 cm³/mol. The van der Waals surface area contributed by atoms with Crippen molar-refractivity contribution in [2.24, 2.45) is 4.40 Å². The van der Waals surface area contributed by atoms with Gasteiger partial charge < -0.3 is 10.2 Å². The van der Waals surface area contributed by atoms with Gasteiger partial charge in [-0.15, -0.1) is 4.40 Å². The molecule has 0 aromatic heterocycles. The van der Waals surface area contributed by atoms with Crippen LogP contribution < -0.4 is 5.32 Å². The van der Waals surface area contributed by atoms with Crippen molar-refractivity contribution in [3.63, 3.8) is 0 Å². The molecule has 2 aromatic rings. The molecule has 4 rings (SSSR count). The number of likely N-dealkylation sites (N-methyl/N-ethyl adjacent to an activating group) is 1. The van der Waals surface area contributed by atoms with Crippen LogP contribution >= 0.6 is 0 Å². The fourth-order valence-electron chi connectivity index (χ4n) is 3.73. The van der Waals surface area contributed by atoms with Crippen molar-refractivity contribution in [3.05, 3.63) is 65.7 Å². The van der Waals surface area contributed by atoms with E-state index in [9.17, 15) is 13.2 Å². The van der Waals surface area contributed by atoms with Crippen molar-refractivity contribution < 1.29 is 13.2 Å². The maximum atomic E-state index is 12.7. The highest BCUT2D eigenvalue weighted by Crippen LogP contribution is 2.41. The highest BCUT2D eigenvalue weighted by atomic mass is 32.2. The summed E-state index contributed by atoms with van der Waals surface area (Å²) in [7, 11) is -2.01. The number of nitrogens with zero attached hydrogens (tertiary/aromatic N) is 2. The monoisotopic (exact) mass is 383 g/mol. The SMILES string of the molecule is CN(CC(=O)NC1(c2ccccc2)CCC1)C1=NS(=O)(=O)c2ccccc21. The molecule has 1 N–H and O–H groups in total. The summed E-state index contributed by atoms with van der Waals surface area (Å²) < 4.78 is 28.3. The van der Waals surface area contributed by atoms with Gasteiger partial charge in [0.05, 0.1) is 12.1 Å². The van der Waals surface area contributed by atoms with E-state index in [2.05, 4.69) is 9.71 Å². The Bertz CT molecular complexity index is 1010. The first-order chi connectivity index (χ1) is 12.9. The van der Waals surface area contributed by atoms with Crippen molar-refractivity contribution in [1.29, 1.82) is 0 Å². The lowest BCUT2D eigenvalue weighted by molar-refractivity contribution is -0.124. The minimum atomic E-state index is -3.69. The summed E-state index contributed by atoms with van der Waals surface area (Å²) >= 11 is 0. The smallest absolute Gasteiger partial charge is 0.285 e. The molecule has 0 atom stereocenters. The number of rotatable bonds is 4. The van der Waals surface area contributed by atoms with Gasteiger partial charge in [0.15, 0.2) is 5.84 Å². The molecule has 1 aliphatic carbocycles. The van der Waals surface area contributed by atoms with Crippen molar-refractivity contribution in [2.45, 2.75) is 29.7 Å². The zero-order chi connectivity index (χ0) is 19.1. The van der Waals surface area contributed by atoms with Crippen molar-refractivity contribution in [1.82, 2.24) is 10.2 Å². The number of sulfonamides is 1. The van der Waals surface area contributed by atoms with E-state index < -0.39 is 10.0 Å². The quantitative estimate of drug-likeness (QED) is 0.878. The number of nitrogens with one attached hydrogen (secondary N) is 1. The molecule has 2 aromatic carbocycles. The summed E-state index contributed by atoms with van der Waals surface area (Å²) in [5, 5.41) is 3.16. The maximum absolute atomic E-state index is 12.7. The Morgan fingerprint density at radius 2 is 1.78 bits per heavy atom. The number of amidine groups is 1. The van der Waals surface area contributed by atoms with Gasteiger partial charge >= 0.3 is 0 Å². The highest BCUT2D eigenvalue weighted by molar-refractivity contribution is 7.90. The fourth-order valence-corrected chi connectivity index (χ4v) is 4.99.